The van der Waals surface area contributed by atoms with E-state index in [1.807, 2.05) is 6.07 Å². The minimum Gasteiger partial charge on any atom is -0.486 e. The molecule has 1 aliphatic heterocycles. The molecular weight excluding hydrogens is 332 g/mol. The second-order valence-electron chi connectivity index (χ2n) is 9.26. The van der Waals surface area contributed by atoms with E-state index in [1.165, 1.54) is 35.1 Å². The quantitative estimate of drug-likeness (QED) is 0.578. The van der Waals surface area contributed by atoms with Crippen molar-refractivity contribution >= 4 is 11.6 Å². The summed E-state index contributed by atoms with van der Waals surface area (Å²) in [6, 6.07) is 13.2. The number of benzene rings is 2. The van der Waals surface area contributed by atoms with Gasteiger partial charge in [-0.25, -0.2) is 0 Å². The molecule has 2 aliphatic rings. The highest BCUT2D eigenvalue weighted by atomic mass is 16.6. The minimum absolute atomic E-state index is 0.234. The highest BCUT2D eigenvalue weighted by Crippen LogP contribution is 2.46. The van der Waals surface area contributed by atoms with Gasteiger partial charge >= 0.3 is 0 Å². The number of hydrogen-bond donors (Lipinski definition) is 0. The van der Waals surface area contributed by atoms with Crippen LogP contribution >= 0.6 is 0 Å². The molecule has 0 atom stereocenters. The van der Waals surface area contributed by atoms with Crippen LogP contribution in [0.4, 0.5) is 0 Å². The van der Waals surface area contributed by atoms with Crippen molar-refractivity contribution in [1.82, 2.24) is 0 Å². The van der Waals surface area contributed by atoms with Gasteiger partial charge in [0.2, 0.25) is 0 Å². The van der Waals surface area contributed by atoms with Crippen LogP contribution in [0.5, 0.6) is 11.5 Å². The molecule has 2 aromatic carbocycles. The average Bonchev–Trinajstić information content (AvgIpc) is 2.65. The van der Waals surface area contributed by atoms with E-state index in [0.717, 1.165) is 17.1 Å². The van der Waals surface area contributed by atoms with Gasteiger partial charge in [0.05, 0.1) is 0 Å². The molecule has 0 spiro atoms. The molecule has 1 aliphatic carbocycles. The number of ether oxygens (including phenoxy) is 2. The molecule has 27 heavy (non-hydrogen) atoms. The number of rotatable bonds is 2. The first-order chi connectivity index (χ1) is 12.8. The number of allylic oxidation sites excluding steroid dienone is 1. The first-order valence-electron chi connectivity index (χ1n) is 10.00. The summed E-state index contributed by atoms with van der Waals surface area (Å²) in [5, 5.41) is 0. The van der Waals surface area contributed by atoms with Crippen molar-refractivity contribution in [3.05, 3.63) is 58.7 Å². The molecule has 0 N–H and O–H groups in total. The first-order valence-corrected chi connectivity index (χ1v) is 10.00. The molecule has 142 valence electrons. The lowest BCUT2D eigenvalue weighted by atomic mass is 9.63. The molecule has 0 bridgehead atoms. The Morgan fingerprint density at radius 2 is 1.48 bits per heavy atom. The van der Waals surface area contributed by atoms with Crippen LogP contribution in [0.2, 0.25) is 0 Å². The molecule has 4 rings (SSSR count). The molecule has 2 aromatic rings. The van der Waals surface area contributed by atoms with Gasteiger partial charge in [0.15, 0.2) is 11.5 Å². The summed E-state index contributed by atoms with van der Waals surface area (Å²) in [5.41, 5.74) is 7.23. The van der Waals surface area contributed by atoms with Crippen molar-refractivity contribution in [2.45, 2.75) is 58.3 Å². The molecule has 1 heterocycles. The summed E-state index contributed by atoms with van der Waals surface area (Å²) >= 11 is 0. The van der Waals surface area contributed by atoms with E-state index in [9.17, 15) is 0 Å². The van der Waals surface area contributed by atoms with Gasteiger partial charge in [0.1, 0.15) is 13.2 Å². The summed E-state index contributed by atoms with van der Waals surface area (Å²) in [6.45, 7) is 12.9. The van der Waals surface area contributed by atoms with Crippen LogP contribution in [0.15, 0.2) is 36.4 Å². The van der Waals surface area contributed by atoms with Gasteiger partial charge < -0.3 is 9.47 Å². The van der Waals surface area contributed by atoms with Gasteiger partial charge in [-0.2, -0.15) is 0 Å². The molecule has 0 fully saturated rings. The van der Waals surface area contributed by atoms with Crippen LogP contribution in [0.1, 0.15) is 69.7 Å². The fourth-order valence-corrected chi connectivity index (χ4v) is 4.32. The number of hydrogen-bond acceptors (Lipinski definition) is 2. The van der Waals surface area contributed by atoms with Crippen molar-refractivity contribution in [2.75, 3.05) is 13.2 Å². The van der Waals surface area contributed by atoms with Crippen molar-refractivity contribution in [1.29, 1.82) is 0 Å². The van der Waals surface area contributed by atoms with Crippen LogP contribution in [-0.4, -0.2) is 13.2 Å². The first kappa shape index (κ1) is 18.2. The lowest BCUT2D eigenvalue weighted by Gasteiger charge is -2.42. The van der Waals surface area contributed by atoms with Crippen LogP contribution in [-0.2, 0) is 10.8 Å². The van der Waals surface area contributed by atoms with Gasteiger partial charge in [-0.15, -0.1) is 0 Å². The molecule has 0 radical (unpaired) electrons. The summed E-state index contributed by atoms with van der Waals surface area (Å²) in [5.74, 6) is 1.69. The summed E-state index contributed by atoms with van der Waals surface area (Å²) < 4.78 is 11.3. The van der Waals surface area contributed by atoms with E-state index >= 15 is 0 Å². The second kappa shape index (κ2) is 6.44. The molecule has 0 amide bonds. The second-order valence-corrected chi connectivity index (χ2v) is 9.26. The Kier molecular flexibility index (Phi) is 4.33. The van der Waals surface area contributed by atoms with Gasteiger partial charge in [-0.3, -0.25) is 0 Å². The number of fused-ring (bicyclic) bond motifs is 2. The third kappa shape index (κ3) is 3.38. The minimum atomic E-state index is 0.234. The van der Waals surface area contributed by atoms with Crippen LogP contribution in [0.3, 0.4) is 0 Å². The normalized spacial score (nSPS) is 20.1. The van der Waals surface area contributed by atoms with Gasteiger partial charge in [-0.1, -0.05) is 58.0 Å². The molecular formula is C25H30O2. The fourth-order valence-electron chi connectivity index (χ4n) is 4.32. The summed E-state index contributed by atoms with van der Waals surface area (Å²) in [6.07, 6.45) is 4.72. The van der Waals surface area contributed by atoms with Crippen LogP contribution in [0, 0.1) is 0 Å². The van der Waals surface area contributed by atoms with E-state index in [0.29, 0.717) is 13.2 Å². The molecule has 2 nitrogen and oxygen atoms in total. The van der Waals surface area contributed by atoms with E-state index < -0.39 is 0 Å². The highest BCUT2D eigenvalue weighted by molar-refractivity contribution is 5.81. The van der Waals surface area contributed by atoms with Gasteiger partial charge in [0, 0.05) is 0 Å². The zero-order valence-electron chi connectivity index (χ0n) is 17.2. The maximum Gasteiger partial charge on any atom is 0.161 e. The van der Waals surface area contributed by atoms with Crippen molar-refractivity contribution in [3.63, 3.8) is 0 Å². The lowest BCUT2D eigenvalue weighted by Crippen LogP contribution is -2.33. The highest BCUT2D eigenvalue weighted by Gasteiger charge is 2.36. The zero-order valence-corrected chi connectivity index (χ0v) is 17.2. The average molecular weight is 363 g/mol. The Balaban J connectivity index is 1.70. The molecule has 2 heteroatoms. The Bertz CT molecular complexity index is 903. The van der Waals surface area contributed by atoms with Crippen molar-refractivity contribution in [2.24, 2.45) is 0 Å². The Morgan fingerprint density at radius 1 is 0.815 bits per heavy atom. The third-order valence-electron chi connectivity index (χ3n) is 6.26. The van der Waals surface area contributed by atoms with Gasteiger partial charge in [-0.05, 0) is 70.6 Å². The largest absolute Gasteiger partial charge is 0.486 e. The van der Waals surface area contributed by atoms with Crippen LogP contribution in [0.25, 0.3) is 11.6 Å². The zero-order chi connectivity index (χ0) is 19.2. The Morgan fingerprint density at radius 3 is 2.22 bits per heavy atom. The van der Waals surface area contributed by atoms with Crippen molar-refractivity contribution in [3.8, 4) is 11.5 Å². The standard InChI is InChI=1S/C25H30O2/c1-17(14-18-6-9-22-23(15-18)27-13-12-26-22)19-7-8-20-21(16-19)25(4,5)11-10-24(20,2)3/h6-9,14-16H,10-13H2,1-5H3/b17-14+. The third-order valence-corrected chi connectivity index (χ3v) is 6.26. The predicted molar refractivity (Wildman–Crippen MR) is 113 cm³/mol. The van der Waals surface area contributed by atoms with Crippen LogP contribution < -0.4 is 9.47 Å². The topological polar surface area (TPSA) is 18.5 Å². The monoisotopic (exact) mass is 362 g/mol. The van der Waals surface area contributed by atoms with Crippen molar-refractivity contribution < 1.29 is 9.47 Å². The Hall–Kier alpha value is -2.22. The summed E-state index contributed by atoms with van der Waals surface area (Å²) in [7, 11) is 0. The fraction of sp³-hybridized carbons (Fsp3) is 0.440. The SMILES string of the molecule is C/C(=C\c1ccc2c(c1)OCCO2)c1ccc2c(c1)C(C)(C)CCC2(C)C. The van der Waals surface area contributed by atoms with E-state index in [2.05, 4.69) is 71.0 Å². The van der Waals surface area contributed by atoms with E-state index in [4.69, 9.17) is 9.47 Å². The predicted octanol–water partition coefficient (Wildman–Crippen LogP) is 6.37. The van der Waals surface area contributed by atoms with E-state index in [-0.39, 0.29) is 10.8 Å². The van der Waals surface area contributed by atoms with Gasteiger partial charge in [0.25, 0.3) is 0 Å². The molecule has 0 saturated carbocycles. The lowest BCUT2D eigenvalue weighted by molar-refractivity contribution is 0.171. The smallest absolute Gasteiger partial charge is 0.161 e. The van der Waals surface area contributed by atoms with E-state index in [1.54, 1.807) is 0 Å². The molecule has 0 unspecified atom stereocenters. The maximum absolute atomic E-state index is 5.72. The Labute approximate surface area is 163 Å². The maximum atomic E-state index is 5.72. The molecule has 0 saturated heterocycles. The summed E-state index contributed by atoms with van der Waals surface area (Å²) in [4.78, 5) is 0. The molecule has 0 aromatic heterocycles.